The lowest BCUT2D eigenvalue weighted by Crippen LogP contribution is -2.20. The van der Waals surface area contributed by atoms with Crippen LogP contribution >= 0.6 is 0 Å². The van der Waals surface area contributed by atoms with Crippen LogP contribution in [0.15, 0.2) is 35.1 Å². The Morgan fingerprint density at radius 2 is 1.74 bits per heavy atom. The fourth-order valence-corrected chi connectivity index (χ4v) is 1.46. The van der Waals surface area contributed by atoms with Crippen LogP contribution in [0.25, 0.3) is 0 Å². The number of H-pyrrole nitrogens is 2. The third-order valence-corrected chi connectivity index (χ3v) is 2.34. The number of hydrogen-bond acceptors (Lipinski definition) is 2. The number of aromatic nitrogens is 2. The first-order chi connectivity index (χ1) is 8.89. The van der Waals surface area contributed by atoms with Gasteiger partial charge in [-0.2, -0.15) is 13.2 Å². The summed E-state index contributed by atoms with van der Waals surface area (Å²) < 4.78 is 37.7. The van der Waals surface area contributed by atoms with Gasteiger partial charge in [-0.3, -0.25) is 19.8 Å². The van der Waals surface area contributed by atoms with Crippen molar-refractivity contribution in [3.63, 3.8) is 0 Å². The van der Waals surface area contributed by atoms with Crippen LogP contribution in [0, 0.1) is 0 Å². The fraction of sp³-hybridized carbons (Fsp3) is 0.0909. The highest BCUT2D eigenvalue weighted by atomic mass is 19.4. The summed E-state index contributed by atoms with van der Waals surface area (Å²) in [7, 11) is 0. The van der Waals surface area contributed by atoms with Crippen LogP contribution in [0.1, 0.15) is 16.1 Å². The zero-order valence-electron chi connectivity index (χ0n) is 9.34. The van der Waals surface area contributed by atoms with E-state index in [0.29, 0.717) is 0 Å². The lowest BCUT2D eigenvalue weighted by molar-refractivity contribution is -0.140. The van der Waals surface area contributed by atoms with Gasteiger partial charge in [0.05, 0.1) is 0 Å². The maximum atomic E-state index is 12.6. The Kier molecular flexibility index (Phi) is 3.16. The number of carbonyl (C=O) groups excluding carboxylic acids is 1. The number of amides is 1. The van der Waals surface area contributed by atoms with Crippen LogP contribution in [-0.4, -0.2) is 16.1 Å². The average Bonchev–Trinajstić information content (AvgIpc) is 2.72. The van der Waals surface area contributed by atoms with Crippen molar-refractivity contribution in [2.45, 2.75) is 6.18 Å². The first-order valence-electron chi connectivity index (χ1n) is 5.14. The molecule has 1 heterocycles. The first kappa shape index (κ1) is 12.9. The molecular weight excluding hydrogens is 263 g/mol. The summed E-state index contributed by atoms with van der Waals surface area (Å²) in [6.45, 7) is 0. The molecule has 1 amide bonds. The third kappa shape index (κ3) is 2.67. The molecule has 100 valence electrons. The van der Waals surface area contributed by atoms with E-state index in [0.717, 1.165) is 0 Å². The van der Waals surface area contributed by atoms with Gasteiger partial charge < -0.3 is 5.32 Å². The molecule has 0 aliphatic heterocycles. The van der Waals surface area contributed by atoms with Gasteiger partial charge in [-0.1, -0.05) is 18.2 Å². The maximum Gasteiger partial charge on any atom is 0.434 e. The van der Waals surface area contributed by atoms with Crippen molar-refractivity contribution in [2.75, 3.05) is 5.32 Å². The van der Waals surface area contributed by atoms with Crippen LogP contribution in [0.5, 0.6) is 0 Å². The smallest absolute Gasteiger partial charge is 0.316 e. The molecule has 0 aliphatic carbocycles. The van der Waals surface area contributed by atoms with Gasteiger partial charge in [-0.25, -0.2) is 0 Å². The number of rotatable bonds is 2. The number of alkyl halides is 3. The number of carbonyl (C=O) groups is 1. The summed E-state index contributed by atoms with van der Waals surface area (Å²) in [6, 6.07) is 7.61. The van der Waals surface area contributed by atoms with Gasteiger partial charge in [-0.05, 0) is 12.1 Å². The van der Waals surface area contributed by atoms with Crippen molar-refractivity contribution in [1.29, 1.82) is 0 Å². The number of aromatic amines is 2. The Morgan fingerprint density at radius 1 is 1.11 bits per heavy atom. The van der Waals surface area contributed by atoms with Crippen LogP contribution in [0.4, 0.5) is 18.9 Å². The lowest BCUT2D eigenvalue weighted by Gasteiger charge is -2.07. The third-order valence-electron chi connectivity index (χ3n) is 2.34. The SMILES string of the molecule is O=C(Nc1c(C(F)(F)F)[nH][nH]c1=O)c1ccccc1. The molecule has 0 spiro atoms. The Hall–Kier alpha value is -2.51. The van der Waals surface area contributed by atoms with Crippen molar-refractivity contribution in [2.24, 2.45) is 0 Å². The van der Waals surface area contributed by atoms with E-state index < -0.39 is 29.0 Å². The summed E-state index contributed by atoms with van der Waals surface area (Å²) in [5.41, 5.74) is -3.06. The van der Waals surface area contributed by atoms with Gasteiger partial charge >= 0.3 is 6.18 Å². The van der Waals surface area contributed by atoms with Gasteiger partial charge in [0.2, 0.25) is 0 Å². The number of nitrogens with one attached hydrogen (secondary N) is 3. The van der Waals surface area contributed by atoms with E-state index in [2.05, 4.69) is 0 Å². The molecule has 0 fully saturated rings. The van der Waals surface area contributed by atoms with Crippen LogP contribution < -0.4 is 10.9 Å². The van der Waals surface area contributed by atoms with E-state index in [1.165, 1.54) is 12.1 Å². The highest BCUT2D eigenvalue weighted by molar-refractivity contribution is 6.04. The zero-order chi connectivity index (χ0) is 14.0. The molecule has 1 aromatic heterocycles. The van der Waals surface area contributed by atoms with E-state index in [1.807, 2.05) is 5.32 Å². The molecule has 0 aliphatic rings. The Morgan fingerprint density at radius 3 is 2.32 bits per heavy atom. The quantitative estimate of drug-likeness (QED) is 0.781. The second-order valence-corrected chi connectivity index (χ2v) is 3.65. The van der Waals surface area contributed by atoms with Crippen molar-refractivity contribution in [3.05, 3.63) is 51.9 Å². The predicted octanol–water partition coefficient (Wildman–Crippen LogP) is 1.97. The van der Waals surface area contributed by atoms with Crippen LogP contribution in [-0.2, 0) is 6.18 Å². The molecule has 0 saturated carbocycles. The molecule has 2 aromatic rings. The first-order valence-corrected chi connectivity index (χ1v) is 5.14. The van der Waals surface area contributed by atoms with Gasteiger partial charge in [0, 0.05) is 5.56 Å². The highest BCUT2D eigenvalue weighted by Crippen LogP contribution is 2.31. The number of benzene rings is 1. The summed E-state index contributed by atoms with van der Waals surface area (Å²) in [6.07, 6.45) is -4.77. The molecular formula is C11H8F3N3O2. The largest absolute Gasteiger partial charge is 0.434 e. The van der Waals surface area contributed by atoms with Crippen molar-refractivity contribution in [3.8, 4) is 0 Å². The topological polar surface area (TPSA) is 77.8 Å². The van der Waals surface area contributed by atoms with Gasteiger partial charge in [-0.15, -0.1) is 0 Å². The van der Waals surface area contributed by atoms with Crippen LogP contribution in [0.3, 0.4) is 0 Å². The monoisotopic (exact) mass is 271 g/mol. The second-order valence-electron chi connectivity index (χ2n) is 3.65. The van der Waals surface area contributed by atoms with E-state index >= 15 is 0 Å². The minimum absolute atomic E-state index is 0.149. The molecule has 0 atom stereocenters. The fourth-order valence-electron chi connectivity index (χ4n) is 1.46. The minimum Gasteiger partial charge on any atom is -0.316 e. The van der Waals surface area contributed by atoms with Gasteiger partial charge in [0.1, 0.15) is 5.69 Å². The highest BCUT2D eigenvalue weighted by Gasteiger charge is 2.37. The van der Waals surface area contributed by atoms with Crippen molar-refractivity contribution in [1.82, 2.24) is 10.2 Å². The second kappa shape index (κ2) is 4.63. The Balaban J connectivity index is 2.32. The number of hydrogen-bond donors (Lipinski definition) is 3. The standard InChI is InChI=1S/C11H8F3N3O2/c12-11(13,14)8-7(10(19)17-16-8)15-9(18)6-4-2-1-3-5-6/h1-5H,(H,15,18)(H2,16,17,19). The average molecular weight is 271 g/mol. The molecule has 5 nitrogen and oxygen atoms in total. The number of anilines is 1. The lowest BCUT2D eigenvalue weighted by atomic mass is 10.2. The molecule has 8 heteroatoms. The number of halogens is 3. The van der Waals surface area contributed by atoms with Crippen molar-refractivity contribution < 1.29 is 18.0 Å². The molecule has 0 unspecified atom stereocenters. The molecule has 0 bridgehead atoms. The summed E-state index contributed by atoms with van der Waals surface area (Å²) >= 11 is 0. The molecule has 3 N–H and O–H groups in total. The van der Waals surface area contributed by atoms with Crippen LogP contribution in [0.2, 0.25) is 0 Å². The minimum atomic E-state index is -4.77. The van der Waals surface area contributed by atoms with E-state index in [4.69, 9.17) is 0 Å². The molecule has 19 heavy (non-hydrogen) atoms. The van der Waals surface area contributed by atoms with Gasteiger partial charge in [0.15, 0.2) is 5.69 Å². The van der Waals surface area contributed by atoms with Gasteiger partial charge in [0.25, 0.3) is 11.5 Å². The molecule has 0 saturated heterocycles. The zero-order valence-corrected chi connectivity index (χ0v) is 9.34. The van der Waals surface area contributed by atoms with E-state index in [1.54, 1.807) is 28.4 Å². The Labute approximate surface area is 104 Å². The normalized spacial score (nSPS) is 11.3. The summed E-state index contributed by atoms with van der Waals surface area (Å²) in [4.78, 5) is 23.0. The molecule has 1 aromatic carbocycles. The molecule has 0 radical (unpaired) electrons. The van der Waals surface area contributed by atoms with E-state index in [9.17, 15) is 22.8 Å². The predicted molar refractivity (Wildman–Crippen MR) is 60.8 cm³/mol. The summed E-state index contributed by atoms with van der Waals surface area (Å²) in [5.74, 6) is -0.795. The maximum absolute atomic E-state index is 12.6. The van der Waals surface area contributed by atoms with Crippen molar-refractivity contribution >= 4 is 11.6 Å². The Bertz CT molecular complexity index is 643. The molecule has 2 rings (SSSR count). The van der Waals surface area contributed by atoms with E-state index in [-0.39, 0.29) is 5.56 Å². The summed E-state index contributed by atoms with van der Waals surface area (Å²) in [5, 5.41) is 5.43.